The smallest absolute Gasteiger partial charge is 0.181 e. The van der Waals surface area contributed by atoms with Crippen molar-refractivity contribution in [2.45, 2.75) is 38.9 Å². The van der Waals surface area contributed by atoms with Crippen LogP contribution in [0.15, 0.2) is 35.5 Å². The third-order valence-electron chi connectivity index (χ3n) is 3.29. The number of hydrogen-bond acceptors (Lipinski definition) is 3. The lowest BCUT2D eigenvalue weighted by atomic mass is 9.79. The largest absolute Gasteiger partial charge is 0.374 e. The lowest BCUT2D eigenvalue weighted by Crippen LogP contribution is -2.35. The maximum absolute atomic E-state index is 11.6. The van der Waals surface area contributed by atoms with E-state index in [1.165, 1.54) is 19.1 Å². The van der Waals surface area contributed by atoms with E-state index in [1.54, 1.807) is 20.8 Å². The van der Waals surface area contributed by atoms with E-state index < -0.39 is 11.2 Å². The zero-order chi connectivity index (χ0) is 14.1. The number of carbonyl (C=O) groups excluding carboxylic acids is 1. The molecule has 1 rings (SSSR count). The summed E-state index contributed by atoms with van der Waals surface area (Å²) in [5, 5.41) is 20.3. The van der Waals surface area contributed by atoms with Gasteiger partial charge in [-0.25, -0.2) is 0 Å². The van der Waals surface area contributed by atoms with Crippen LogP contribution in [-0.4, -0.2) is 27.2 Å². The highest BCUT2D eigenvalue weighted by Crippen LogP contribution is 2.32. The van der Waals surface area contributed by atoms with Crippen LogP contribution in [0.5, 0.6) is 0 Å². The second-order valence-corrected chi connectivity index (χ2v) is 4.75. The number of hydrogen-bond donors (Lipinski definition) is 2. The van der Waals surface area contributed by atoms with Crippen molar-refractivity contribution in [3.63, 3.8) is 0 Å². The maximum atomic E-state index is 11.6. The first kappa shape index (κ1) is 14.4. The van der Waals surface area contributed by atoms with E-state index in [-0.39, 0.29) is 5.78 Å². The van der Waals surface area contributed by atoms with Gasteiger partial charge in [0, 0.05) is 0 Å². The van der Waals surface area contributed by atoms with Gasteiger partial charge in [-0.3, -0.25) is 4.79 Å². The first-order valence-corrected chi connectivity index (χ1v) is 5.68. The molecule has 1 aliphatic rings. The van der Waals surface area contributed by atoms with Gasteiger partial charge < -0.3 is 10.2 Å². The molecule has 0 aromatic carbocycles. The number of rotatable bonds is 1. The van der Waals surface area contributed by atoms with Gasteiger partial charge in [0.05, 0.1) is 0 Å². The Kier molecular flexibility index (Phi) is 3.66. The minimum atomic E-state index is -1.50. The first-order valence-electron chi connectivity index (χ1n) is 5.68. The van der Waals surface area contributed by atoms with Crippen molar-refractivity contribution >= 4 is 5.78 Å². The molecule has 2 atom stereocenters. The molecule has 0 aromatic heterocycles. The minimum Gasteiger partial charge on any atom is -0.374 e. The zero-order valence-corrected chi connectivity index (χ0v) is 11.2. The predicted octanol–water partition coefficient (Wildman–Crippen LogP) is 1.52. The van der Waals surface area contributed by atoms with Gasteiger partial charge in [0.25, 0.3) is 0 Å². The molecule has 3 nitrogen and oxygen atoms in total. The van der Waals surface area contributed by atoms with Crippen molar-refractivity contribution in [2.75, 3.05) is 0 Å². The second-order valence-electron chi connectivity index (χ2n) is 4.75. The summed E-state index contributed by atoms with van der Waals surface area (Å²) in [7, 11) is 0. The SMILES string of the molecule is C=CC(C)(O)C#CC1(O)C(C)=CC(=O)C(C)=C1C. The summed E-state index contributed by atoms with van der Waals surface area (Å²) >= 11 is 0. The van der Waals surface area contributed by atoms with Crippen LogP contribution in [-0.2, 0) is 4.79 Å². The number of ketones is 1. The summed E-state index contributed by atoms with van der Waals surface area (Å²) in [6.45, 7) is 9.91. The van der Waals surface area contributed by atoms with Crippen molar-refractivity contribution in [2.24, 2.45) is 0 Å². The normalized spacial score (nSPS) is 27.0. The summed E-state index contributed by atoms with van der Waals surface area (Å²) in [6.07, 6.45) is 2.67. The molecule has 0 aromatic rings. The molecule has 0 saturated heterocycles. The van der Waals surface area contributed by atoms with Crippen molar-refractivity contribution in [3.05, 3.63) is 35.5 Å². The van der Waals surface area contributed by atoms with Gasteiger partial charge in [0.15, 0.2) is 11.4 Å². The molecule has 0 amide bonds. The average molecular weight is 246 g/mol. The van der Waals surface area contributed by atoms with Crippen LogP contribution in [0, 0.1) is 11.8 Å². The topological polar surface area (TPSA) is 57.5 Å². The highest BCUT2D eigenvalue weighted by atomic mass is 16.3. The summed E-state index contributed by atoms with van der Waals surface area (Å²) < 4.78 is 0. The quantitative estimate of drug-likeness (QED) is 0.545. The Morgan fingerprint density at radius 1 is 1.44 bits per heavy atom. The Bertz CT molecular complexity index is 524. The van der Waals surface area contributed by atoms with Crippen LogP contribution in [0.1, 0.15) is 27.7 Å². The molecule has 2 N–H and O–H groups in total. The molecule has 0 fully saturated rings. The third kappa shape index (κ3) is 2.45. The van der Waals surface area contributed by atoms with Gasteiger partial charge in [-0.2, -0.15) is 0 Å². The molecular formula is C15H18O3. The van der Waals surface area contributed by atoms with Gasteiger partial charge >= 0.3 is 0 Å². The Balaban J connectivity index is 3.33. The second kappa shape index (κ2) is 4.56. The summed E-state index contributed by atoms with van der Waals surface area (Å²) in [5.74, 6) is 5.09. The van der Waals surface area contributed by atoms with Crippen LogP contribution in [0.3, 0.4) is 0 Å². The predicted molar refractivity (Wildman–Crippen MR) is 70.7 cm³/mol. The summed E-state index contributed by atoms with van der Waals surface area (Å²) in [5.41, 5.74) is -1.42. The monoisotopic (exact) mass is 246 g/mol. The zero-order valence-electron chi connectivity index (χ0n) is 11.2. The lowest BCUT2D eigenvalue weighted by Gasteiger charge is -2.29. The molecule has 2 unspecified atom stereocenters. The first-order chi connectivity index (χ1) is 8.14. The molecule has 1 aliphatic carbocycles. The molecule has 0 radical (unpaired) electrons. The fourth-order valence-electron chi connectivity index (χ4n) is 1.62. The van der Waals surface area contributed by atoms with E-state index in [2.05, 4.69) is 18.4 Å². The Morgan fingerprint density at radius 2 is 2.00 bits per heavy atom. The number of carbonyl (C=O) groups is 1. The van der Waals surface area contributed by atoms with Crippen molar-refractivity contribution < 1.29 is 15.0 Å². The maximum Gasteiger partial charge on any atom is 0.181 e. The van der Waals surface area contributed by atoms with Gasteiger partial charge in [0.1, 0.15) is 5.60 Å². The number of allylic oxidation sites excluding steroid dienone is 2. The third-order valence-corrected chi connectivity index (χ3v) is 3.29. The molecular weight excluding hydrogens is 228 g/mol. The van der Waals surface area contributed by atoms with E-state index in [1.807, 2.05) is 0 Å². The highest BCUT2D eigenvalue weighted by Gasteiger charge is 2.35. The Hall–Kier alpha value is -1.63. The van der Waals surface area contributed by atoms with Crippen LogP contribution in [0.2, 0.25) is 0 Å². The molecule has 0 aliphatic heterocycles. The Labute approximate surface area is 108 Å². The average Bonchev–Trinajstić information content (AvgIpc) is 2.32. The standard InChI is InChI=1S/C15H18O3/c1-6-14(5,17)7-8-15(18)10(2)9-13(16)11(3)12(15)4/h6,9,17-18H,1H2,2-5H3. The molecule has 0 spiro atoms. The van der Waals surface area contributed by atoms with E-state index >= 15 is 0 Å². The van der Waals surface area contributed by atoms with E-state index in [0.29, 0.717) is 16.7 Å². The Morgan fingerprint density at radius 3 is 2.50 bits per heavy atom. The summed E-state index contributed by atoms with van der Waals surface area (Å²) in [6, 6.07) is 0. The molecule has 0 saturated carbocycles. The van der Waals surface area contributed by atoms with Gasteiger partial charge in [-0.1, -0.05) is 18.4 Å². The highest BCUT2D eigenvalue weighted by molar-refractivity contribution is 6.06. The number of aliphatic hydroxyl groups is 2. The molecule has 0 bridgehead atoms. The van der Waals surface area contributed by atoms with Gasteiger partial charge in [-0.05, 0) is 56.6 Å². The molecule has 18 heavy (non-hydrogen) atoms. The van der Waals surface area contributed by atoms with Crippen molar-refractivity contribution in [3.8, 4) is 11.8 Å². The lowest BCUT2D eigenvalue weighted by molar-refractivity contribution is -0.111. The molecule has 0 heterocycles. The molecule has 3 heteroatoms. The van der Waals surface area contributed by atoms with Crippen LogP contribution in [0.4, 0.5) is 0 Å². The van der Waals surface area contributed by atoms with Gasteiger partial charge in [0.2, 0.25) is 0 Å². The van der Waals surface area contributed by atoms with Crippen LogP contribution < -0.4 is 0 Å². The minimum absolute atomic E-state index is 0.119. The van der Waals surface area contributed by atoms with E-state index in [4.69, 9.17) is 0 Å². The molecule has 96 valence electrons. The fourth-order valence-corrected chi connectivity index (χ4v) is 1.62. The van der Waals surface area contributed by atoms with Crippen LogP contribution in [0.25, 0.3) is 0 Å². The summed E-state index contributed by atoms with van der Waals surface area (Å²) in [4.78, 5) is 11.6. The van der Waals surface area contributed by atoms with Crippen LogP contribution >= 0.6 is 0 Å². The van der Waals surface area contributed by atoms with Crippen molar-refractivity contribution in [1.82, 2.24) is 0 Å². The fraction of sp³-hybridized carbons (Fsp3) is 0.400. The van der Waals surface area contributed by atoms with E-state index in [0.717, 1.165) is 0 Å². The van der Waals surface area contributed by atoms with E-state index in [9.17, 15) is 15.0 Å². The van der Waals surface area contributed by atoms with Crippen molar-refractivity contribution in [1.29, 1.82) is 0 Å². The van der Waals surface area contributed by atoms with Gasteiger partial charge in [-0.15, -0.1) is 0 Å².